The first-order valence-electron chi connectivity index (χ1n) is 5.01. The van der Waals surface area contributed by atoms with Crippen molar-refractivity contribution in [1.82, 2.24) is 10.6 Å². The van der Waals surface area contributed by atoms with Crippen LogP contribution < -0.4 is 10.6 Å². The molecule has 0 saturated carbocycles. The van der Waals surface area contributed by atoms with Crippen LogP contribution in [0.3, 0.4) is 0 Å². The Morgan fingerprint density at radius 3 is 2.15 bits per heavy atom. The van der Waals surface area contributed by atoms with Crippen molar-refractivity contribution in [2.45, 2.75) is 26.9 Å². The zero-order valence-electron chi connectivity index (χ0n) is 8.67. The first kappa shape index (κ1) is 10.5. The lowest BCUT2D eigenvalue weighted by Gasteiger charge is -2.34. The molecule has 1 atom stereocenters. The fourth-order valence-electron chi connectivity index (χ4n) is 1.53. The highest BCUT2D eigenvalue weighted by Gasteiger charge is 2.25. The minimum Gasteiger partial charge on any atom is -0.300 e. The minimum absolute atomic E-state index is 0.135. The van der Waals surface area contributed by atoms with E-state index in [0.29, 0.717) is 18.0 Å². The summed E-state index contributed by atoms with van der Waals surface area (Å²) in [5.41, 5.74) is 0. The standard InChI is InChI=1S/C10H19N3/c1-7(2)8(3)10-12-5-9(4-11)6-13-10/h7-10,12-13H,5-6H2,1-3H3. The highest BCUT2D eigenvalue weighted by atomic mass is 15.2. The molecule has 0 aromatic heterocycles. The van der Waals surface area contributed by atoms with Gasteiger partial charge < -0.3 is 10.6 Å². The third kappa shape index (κ3) is 2.68. The number of hydrogen-bond acceptors (Lipinski definition) is 3. The van der Waals surface area contributed by atoms with Gasteiger partial charge in [0.2, 0.25) is 0 Å². The molecule has 74 valence electrons. The van der Waals surface area contributed by atoms with Crippen LogP contribution in [0.5, 0.6) is 0 Å². The molecule has 0 spiro atoms. The van der Waals surface area contributed by atoms with Crippen molar-refractivity contribution in [3.8, 4) is 6.07 Å². The largest absolute Gasteiger partial charge is 0.300 e. The summed E-state index contributed by atoms with van der Waals surface area (Å²) in [5, 5.41) is 15.4. The average molecular weight is 181 g/mol. The molecule has 1 aliphatic heterocycles. The molecule has 2 N–H and O–H groups in total. The van der Waals surface area contributed by atoms with Crippen molar-refractivity contribution >= 4 is 0 Å². The van der Waals surface area contributed by atoms with Crippen molar-refractivity contribution in [1.29, 1.82) is 5.26 Å². The van der Waals surface area contributed by atoms with E-state index in [4.69, 9.17) is 5.26 Å². The monoisotopic (exact) mass is 181 g/mol. The molecule has 3 heteroatoms. The number of nitrogens with zero attached hydrogens (tertiary/aromatic N) is 1. The maximum Gasteiger partial charge on any atom is 0.0713 e. The highest BCUT2D eigenvalue weighted by molar-refractivity contribution is 4.92. The van der Waals surface area contributed by atoms with Gasteiger partial charge in [-0.2, -0.15) is 5.26 Å². The molecule has 0 radical (unpaired) electrons. The second-order valence-electron chi connectivity index (χ2n) is 4.22. The zero-order valence-corrected chi connectivity index (χ0v) is 8.67. The summed E-state index contributed by atoms with van der Waals surface area (Å²) in [4.78, 5) is 0. The van der Waals surface area contributed by atoms with Crippen LogP contribution in [0.15, 0.2) is 0 Å². The van der Waals surface area contributed by atoms with Crippen LogP contribution in [0.2, 0.25) is 0 Å². The Labute approximate surface area is 80.5 Å². The van der Waals surface area contributed by atoms with E-state index in [-0.39, 0.29) is 5.92 Å². The van der Waals surface area contributed by atoms with E-state index in [0.717, 1.165) is 13.1 Å². The molecule has 3 nitrogen and oxygen atoms in total. The summed E-state index contributed by atoms with van der Waals surface area (Å²) < 4.78 is 0. The van der Waals surface area contributed by atoms with E-state index in [1.54, 1.807) is 0 Å². The quantitative estimate of drug-likeness (QED) is 0.666. The Bertz CT molecular complexity index is 187. The summed E-state index contributed by atoms with van der Waals surface area (Å²) in [6.45, 7) is 8.34. The molecule has 13 heavy (non-hydrogen) atoms. The number of nitriles is 1. The topological polar surface area (TPSA) is 47.9 Å². The average Bonchev–Trinajstić information content (AvgIpc) is 2.17. The molecule has 0 aromatic carbocycles. The van der Waals surface area contributed by atoms with Gasteiger partial charge in [-0.25, -0.2) is 0 Å². The van der Waals surface area contributed by atoms with Crippen LogP contribution >= 0.6 is 0 Å². The van der Waals surface area contributed by atoms with Crippen molar-refractivity contribution in [3.05, 3.63) is 0 Å². The van der Waals surface area contributed by atoms with E-state index in [2.05, 4.69) is 37.5 Å². The summed E-state index contributed by atoms with van der Waals surface area (Å²) in [6, 6.07) is 2.27. The molecular formula is C10H19N3. The molecule has 1 rings (SSSR count). The Morgan fingerprint density at radius 1 is 1.23 bits per heavy atom. The molecule has 1 unspecified atom stereocenters. The van der Waals surface area contributed by atoms with E-state index >= 15 is 0 Å². The lowest BCUT2D eigenvalue weighted by Crippen LogP contribution is -2.56. The summed E-state index contributed by atoms with van der Waals surface area (Å²) in [6.07, 6.45) is 0.379. The van der Waals surface area contributed by atoms with E-state index in [9.17, 15) is 0 Å². The van der Waals surface area contributed by atoms with E-state index in [1.807, 2.05) is 0 Å². The van der Waals surface area contributed by atoms with Crippen LogP contribution in [0.25, 0.3) is 0 Å². The van der Waals surface area contributed by atoms with Gasteiger partial charge in [0, 0.05) is 13.1 Å². The first-order chi connectivity index (χ1) is 6.15. The molecular weight excluding hydrogens is 162 g/mol. The van der Waals surface area contributed by atoms with Gasteiger partial charge in [-0.15, -0.1) is 0 Å². The van der Waals surface area contributed by atoms with E-state index in [1.165, 1.54) is 0 Å². The fraction of sp³-hybridized carbons (Fsp3) is 0.900. The second-order valence-corrected chi connectivity index (χ2v) is 4.22. The van der Waals surface area contributed by atoms with Gasteiger partial charge in [-0.05, 0) is 11.8 Å². The lowest BCUT2D eigenvalue weighted by atomic mass is 9.93. The van der Waals surface area contributed by atoms with Gasteiger partial charge in [-0.3, -0.25) is 0 Å². The Kier molecular flexibility index (Phi) is 3.71. The highest BCUT2D eigenvalue weighted by Crippen LogP contribution is 2.15. The number of hydrogen-bond donors (Lipinski definition) is 2. The van der Waals surface area contributed by atoms with Crippen LogP contribution in [-0.4, -0.2) is 19.3 Å². The normalized spacial score (nSPS) is 31.3. The summed E-state index contributed by atoms with van der Waals surface area (Å²) >= 11 is 0. The maximum absolute atomic E-state index is 8.70. The molecule has 0 aromatic rings. The van der Waals surface area contributed by atoms with Gasteiger partial charge in [0.15, 0.2) is 0 Å². The summed E-state index contributed by atoms with van der Waals surface area (Å²) in [5.74, 6) is 1.42. The molecule has 1 heterocycles. The first-order valence-corrected chi connectivity index (χ1v) is 5.01. The van der Waals surface area contributed by atoms with Crippen molar-refractivity contribution in [3.63, 3.8) is 0 Å². The molecule has 1 fully saturated rings. The molecule has 0 aliphatic carbocycles. The van der Waals surface area contributed by atoms with E-state index < -0.39 is 0 Å². The third-order valence-corrected chi connectivity index (χ3v) is 2.93. The van der Waals surface area contributed by atoms with Crippen molar-refractivity contribution < 1.29 is 0 Å². The SMILES string of the molecule is CC(C)C(C)C1NCC(C#N)CN1. The third-order valence-electron chi connectivity index (χ3n) is 2.93. The van der Waals surface area contributed by atoms with Crippen LogP contribution in [-0.2, 0) is 0 Å². The molecule has 0 amide bonds. The van der Waals surface area contributed by atoms with Gasteiger partial charge in [0.1, 0.15) is 0 Å². The number of nitrogens with one attached hydrogen (secondary N) is 2. The Morgan fingerprint density at radius 2 is 1.77 bits per heavy atom. The smallest absolute Gasteiger partial charge is 0.0713 e. The number of rotatable bonds is 2. The fourth-order valence-corrected chi connectivity index (χ4v) is 1.53. The predicted octanol–water partition coefficient (Wildman–Crippen LogP) is 0.937. The maximum atomic E-state index is 8.70. The van der Waals surface area contributed by atoms with Crippen LogP contribution in [0.1, 0.15) is 20.8 Å². The van der Waals surface area contributed by atoms with Gasteiger partial charge in [-0.1, -0.05) is 20.8 Å². The van der Waals surface area contributed by atoms with Crippen molar-refractivity contribution in [2.24, 2.45) is 17.8 Å². The van der Waals surface area contributed by atoms with Gasteiger partial charge in [0.05, 0.1) is 18.2 Å². The van der Waals surface area contributed by atoms with Crippen LogP contribution in [0, 0.1) is 29.1 Å². The molecule has 0 bridgehead atoms. The van der Waals surface area contributed by atoms with Crippen LogP contribution in [0.4, 0.5) is 0 Å². The molecule has 1 aliphatic rings. The summed E-state index contributed by atoms with van der Waals surface area (Å²) in [7, 11) is 0. The van der Waals surface area contributed by atoms with Gasteiger partial charge >= 0.3 is 0 Å². The second kappa shape index (κ2) is 4.59. The van der Waals surface area contributed by atoms with Gasteiger partial charge in [0.25, 0.3) is 0 Å². The van der Waals surface area contributed by atoms with Crippen molar-refractivity contribution in [2.75, 3.05) is 13.1 Å². The molecule has 1 saturated heterocycles. The predicted molar refractivity (Wildman–Crippen MR) is 52.9 cm³/mol. The zero-order chi connectivity index (χ0) is 9.84. The minimum atomic E-state index is 0.135. The Balaban J connectivity index is 2.37. The Hall–Kier alpha value is -0.590. The lowest BCUT2D eigenvalue weighted by molar-refractivity contribution is 0.217.